The molecule has 2 heterocycles. The van der Waals surface area contributed by atoms with E-state index in [1.165, 1.54) is 0 Å². The van der Waals surface area contributed by atoms with E-state index in [2.05, 4.69) is 28.6 Å². The minimum absolute atomic E-state index is 0.203. The van der Waals surface area contributed by atoms with E-state index in [0.29, 0.717) is 13.2 Å². The van der Waals surface area contributed by atoms with Crippen molar-refractivity contribution in [1.29, 1.82) is 0 Å². The van der Waals surface area contributed by atoms with Gasteiger partial charge in [-0.2, -0.15) is 0 Å². The second kappa shape index (κ2) is 4.58. The third-order valence-corrected chi connectivity index (χ3v) is 5.11. The fourth-order valence-corrected chi connectivity index (χ4v) is 3.96. The molecule has 0 aromatic heterocycles. The molecular formula is C16H17BrO3. The third kappa shape index (κ3) is 1.93. The minimum atomic E-state index is -0.392. The van der Waals surface area contributed by atoms with E-state index in [9.17, 15) is 0 Å². The van der Waals surface area contributed by atoms with Crippen LogP contribution in [0.25, 0.3) is 5.57 Å². The van der Waals surface area contributed by atoms with Crippen molar-refractivity contribution in [1.82, 2.24) is 0 Å². The van der Waals surface area contributed by atoms with Crippen molar-refractivity contribution in [2.75, 3.05) is 13.2 Å². The second-order valence-electron chi connectivity index (χ2n) is 5.78. The average Bonchev–Trinajstić information content (AvgIpc) is 2.89. The smallest absolute Gasteiger partial charge is 0.169 e. The van der Waals surface area contributed by atoms with E-state index in [1.54, 1.807) is 0 Å². The fraction of sp³-hybridized carbons (Fsp3) is 0.500. The highest BCUT2D eigenvalue weighted by atomic mass is 79.9. The lowest BCUT2D eigenvalue weighted by molar-refractivity contribution is -0.194. The van der Waals surface area contributed by atoms with Crippen LogP contribution in [0.5, 0.6) is 5.75 Å². The Labute approximate surface area is 127 Å². The van der Waals surface area contributed by atoms with Gasteiger partial charge in [0.1, 0.15) is 11.9 Å². The third-order valence-electron chi connectivity index (χ3n) is 4.62. The summed E-state index contributed by atoms with van der Waals surface area (Å²) in [7, 11) is 0. The van der Waals surface area contributed by atoms with Crippen molar-refractivity contribution in [3.63, 3.8) is 0 Å². The zero-order valence-corrected chi connectivity index (χ0v) is 12.8. The maximum atomic E-state index is 6.17. The van der Waals surface area contributed by atoms with Gasteiger partial charge in [-0.1, -0.05) is 22.5 Å². The van der Waals surface area contributed by atoms with Crippen LogP contribution >= 0.6 is 15.9 Å². The summed E-state index contributed by atoms with van der Waals surface area (Å²) in [5.41, 5.74) is 2.26. The number of rotatable bonds is 0. The van der Waals surface area contributed by atoms with Gasteiger partial charge in [-0.3, -0.25) is 0 Å². The van der Waals surface area contributed by atoms with Crippen molar-refractivity contribution < 1.29 is 14.2 Å². The van der Waals surface area contributed by atoms with E-state index in [0.717, 1.165) is 40.6 Å². The van der Waals surface area contributed by atoms with Gasteiger partial charge in [0.15, 0.2) is 5.79 Å². The van der Waals surface area contributed by atoms with Gasteiger partial charge in [-0.05, 0) is 30.2 Å². The zero-order valence-electron chi connectivity index (χ0n) is 11.2. The van der Waals surface area contributed by atoms with Crippen molar-refractivity contribution in [2.24, 2.45) is 5.92 Å². The normalized spacial score (nSPS) is 30.8. The lowest BCUT2D eigenvalue weighted by Gasteiger charge is -2.44. The molecule has 0 radical (unpaired) electrons. The minimum Gasteiger partial charge on any atom is -0.489 e. The van der Waals surface area contributed by atoms with Gasteiger partial charge in [-0.25, -0.2) is 0 Å². The number of hydrogen-bond donors (Lipinski definition) is 0. The molecule has 1 aliphatic carbocycles. The largest absolute Gasteiger partial charge is 0.489 e. The summed E-state index contributed by atoms with van der Waals surface area (Å²) in [5, 5.41) is 0. The SMILES string of the molecule is C=C1c2cc(Br)ccc2OC2CCC3(CC12)OCCO3. The number of benzene rings is 1. The molecule has 1 saturated heterocycles. The predicted molar refractivity (Wildman–Crippen MR) is 79.6 cm³/mol. The molecule has 20 heavy (non-hydrogen) atoms. The van der Waals surface area contributed by atoms with Crippen LogP contribution in [0, 0.1) is 5.92 Å². The van der Waals surface area contributed by atoms with Gasteiger partial charge in [0.05, 0.1) is 13.2 Å². The molecular weight excluding hydrogens is 320 g/mol. The molecule has 1 saturated carbocycles. The summed E-state index contributed by atoms with van der Waals surface area (Å²) in [5.74, 6) is 0.837. The first kappa shape index (κ1) is 12.9. The van der Waals surface area contributed by atoms with Gasteiger partial charge in [0.25, 0.3) is 0 Å². The Balaban J connectivity index is 1.68. The maximum Gasteiger partial charge on any atom is 0.169 e. The molecule has 4 rings (SSSR count). The molecule has 4 heteroatoms. The molecule has 0 bridgehead atoms. The zero-order chi connectivity index (χ0) is 13.7. The predicted octanol–water partition coefficient (Wildman–Crippen LogP) is 3.77. The van der Waals surface area contributed by atoms with Gasteiger partial charge < -0.3 is 14.2 Å². The van der Waals surface area contributed by atoms with E-state index in [1.807, 2.05) is 12.1 Å². The van der Waals surface area contributed by atoms with E-state index in [-0.39, 0.29) is 12.0 Å². The van der Waals surface area contributed by atoms with Crippen molar-refractivity contribution >= 4 is 21.5 Å². The quantitative estimate of drug-likeness (QED) is 0.721. The molecule has 0 amide bonds. The van der Waals surface area contributed by atoms with Crippen LogP contribution in [-0.2, 0) is 9.47 Å². The highest BCUT2D eigenvalue weighted by molar-refractivity contribution is 9.10. The van der Waals surface area contributed by atoms with Gasteiger partial charge >= 0.3 is 0 Å². The Morgan fingerprint density at radius 1 is 1.25 bits per heavy atom. The van der Waals surface area contributed by atoms with Crippen LogP contribution in [0.2, 0.25) is 0 Å². The van der Waals surface area contributed by atoms with Crippen LogP contribution in [-0.4, -0.2) is 25.1 Å². The average molecular weight is 337 g/mol. The molecule has 2 unspecified atom stereocenters. The molecule has 1 spiro atoms. The summed E-state index contributed by atoms with van der Waals surface area (Å²) in [6.45, 7) is 5.73. The Hall–Kier alpha value is -0.840. The van der Waals surface area contributed by atoms with Gasteiger partial charge in [-0.15, -0.1) is 0 Å². The van der Waals surface area contributed by atoms with Crippen LogP contribution in [0.15, 0.2) is 29.3 Å². The molecule has 106 valence electrons. The lowest BCUT2D eigenvalue weighted by Crippen LogP contribution is -2.46. The number of hydrogen-bond acceptors (Lipinski definition) is 3. The molecule has 2 aliphatic heterocycles. The molecule has 3 nitrogen and oxygen atoms in total. The fourth-order valence-electron chi connectivity index (χ4n) is 3.60. The van der Waals surface area contributed by atoms with E-state index < -0.39 is 5.79 Å². The summed E-state index contributed by atoms with van der Waals surface area (Å²) >= 11 is 3.52. The first-order valence-corrected chi connectivity index (χ1v) is 7.89. The van der Waals surface area contributed by atoms with Gasteiger partial charge in [0.2, 0.25) is 0 Å². The molecule has 2 atom stereocenters. The Bertz CT molecular complexity index is 563. The van der Waals surface area contributed by atoms with Crippen molar-refractivity contribution in [3.05, 3.63) is 34.8 Å². The second-order valence-corrected chi connectivity index (χ2v) is 6.69. The summed E-state index contributed by atoms with van der Waals surface area (Å²) in [4.78, 5) is 0. The lowest BCUT2D eigenvalue weighted by atomic mass is 9.75. The van der Waals surface area contributed by atoms with Crippen molar-refractivity contribution in [3.8, 4) is 5.75 Å². The number of halogens is 1. The maximum absolute atomic E-state index is 6.17. The van der Waals surface area contributed by atoms with E-state index in [4.69, 9.17) is 14.2 Å². The number of fused-ring (bicyclic) bond motifs is 2. The first-order valence-electron chi connectivity index (χ1n) is 7.10. The molecule has 3 aliphatic rings. The van der Waals surface area contributed by atoms with Crippen LogP contribution in [0.3, 0.4) is 0 Å². The first-order chi connectivity index (χ1) is 9.67. The number of ether oxygens (including phenoxy) is 3. The van der Waals surface area contributed by atoms with Crippen molar-refractivity contribution in [2.45, 2.75) is 31.2 Å². The highest BCUT2D eigenvalue weighted by Gasteiger charge is 2.48. The topological polar surface area (TPSA) is 27.7 Å². The monoisotopic (exact) mass is 336 g/mol. The summed E-state index contributed by atoms with van der Waals surface area (Å²) in [6.07, 6.45) is 2.92. The highest BCUT2D eigenvalue weighted by Crippen LogP contribution is 2.49. The van der Waals surface area contributed by atoms with Crippen LogP contribution in [0.4, 0.5) is 0 Å². The summed E-state index contributed by atoms with van der Waals surface area (Å²) < 4.78 is 18.9. The standard InChI is InChI=1S/C16H17BrO3/c1-10-12-8-11(17)2-3-14(12)20-15-4-5-16(9-13(10)15)18-6-7-19-16/h2-3,8,13,15H,1,4-7,9H2. The molecule has 0 N–H and O–H groups in total. The molecule has 1 aromatic carbocycles. The Kier molecular flexibility index (Phi) is 2.95. The van der Waals surface area contributed by atoms with Crippen LogP contribution < -0.4 is 4.74 Å². The van der Waals surface area contributed by atoms with E-state index >= 15 is 0 Å². The summed E-state index contributed by atoms with van der Waals surface area (Å²) in [6, 6.07) is 6.12. The molecule has 2 fully saturated rings. The molecule has 1 aromatic rings. The van der Waals surface area contributed by atoms with Gasteiger partial charge in [0, 0.05) is 28.8 Å². The Morgan fingerprint density at radius 2 is 2.05 bits per heavy atom. The Morgan fingerprint density at radius 3 is 2.85 bits per heavy atom. The van der Waals surface area contributed by atoms with Crippen LogP contribution in [0.1, 0.15) is 24.8 Å².